The molecule has 190 valence electrons. The number of aromatic nitrogens is 1. The number of carbonyl (C=O) groups excluding carboxylic acids is 2. The summed E-state index contributed by atoms with van der Waals surface area (Å²) < 4.78 is 28.7. The molecule has 2 N–H and O–H groups in total. The number of carbonyl (C=O) groups is 2. The largest absolute Gasteiger partial charge is 0.503 e. The number of rotatable bonds is 8. The quantitative estimate of drug-likeness (QED) is 0.539. The van der Waals surface area contributed by atoms with E-state index in [0.717, 1.165) is 6.42 Å². The minimum Gasteiger partial charge on any atom is -0.503 e. The molecular formula is C25H32N2O8. The second-order valence-corrected chi connectivity index (χ2v) is 8.05. The van der Waals surface area contributed by atoms with Crippen LogP contribution in [0.1, 0.15) is 37.2 Å². The number of para-hydroxylation sites is 1. The first-order valence-corrected chi connectivity index (χ1v) is 11.6. The first-order chi connectivity index (χ1) is 16.9. The van der Waals surface area contributed by atoms with Gasteiger partial charge in [0, 0.05) is 31.9 Å². The zero-order valence-corrected chi connectivity index (χ0v) is 20.1. The number of pyridine rings is 1. The fourth-order valence-corrected chi connectivity index (χ4v) is 3.61. The topological polar surface area (TPSA) is 125 Å². The Hall–Kier alpha value is -3.37. The minimum atomic E-state index is -1.03. The number of methoxy groups -OCH3 is 1. The number of benzene rings is 1. The second-order valence-electron chi connectivity index (χ2n) is 8.05. The van der Waals surface area contributed by atoms with Crippen LogP contribution in [0.4, 0.5) is 0 Å². The van der Waals surface area contributed by atoms with Crippen molar-refractivity contribution in [3.05, 3.63) is 48.3 Å². The Bertz CT molecular complexity index is 971. The molecule has 0 saturated carbocycles. The number of aromatic hydroxyl groups is 1. The average Bonchev–Trinajstić information content (AvgIpc) is 2.86. The highest BCUT2D eigenvalue weighted by atomic mass is 16.6. The van der Waals surface area contributed by atoms with E-state index in [0.29, 0.717) is 12.4 Å². The van der Waals surface area contributed by atoms with Crippen LogP contribution in [0.5, 0.6) is 17.2 Å². The van der Waals surface area contributed by atoms with Gasteiger partial charge in [0.25, 0.3) is 5.91 Å². The van der Waals surface area contributed by atoms with Gasteiger partial charge in [-0.3, -0.25) is 4.79 Å². The summed E-state index contributed by atoms with van der Waals surface area (Å²) in [6.45, 7) is 4.59. The molecule has 2 aromatic rings. The predicted octanol–water partition coefficient (Wildman–Crippen LogP) is 2.49. The lowest BCUT2D eigenvalue weighted by Crippen LogP contribution is -2.51. The van der Waals surface area contributed by atoms with E-state index in [-0.39, 0.29) is 31.1 Å². The lowest BCUT2D eigenvalue weighted by molar-refractivity contribution is -0.167. The summed E-state index contributed by atoms with van der Waals surface area (Å²) in [5.41, 5.74) is -0.262. The Morgan fingerprint density at radius 3 is 2.74 bits per heavy atom. The maximum atomic E-state index is 13.0. The van der Waals surface area contributed by atoms with Gasteiger partial charge in [-0.15, -0.1) is 0 Å². The Kier molecular flexibility index (Phi) is 9.68. The third kappa shape index (κ3) is 7.06. The summed E-state index contributed by atoms with van der Waals surface area (Å²) in [6, 6.07) is 9.58. The van der Waals surface area contributed by atoms with Crippen LogP contribution in [0, 0.1) is 0 Å². The van der Waals surface area contributed by atoms with Gasteiger partial charge >= 0.3 is 5.97 Å². The third-order valence-electron chi connectivity index (χ3n) is 5.43. The van der Waals surface area contributed by atoms with Crippen molar-refractivity contribution in [2.24, 2.45) is 0 Å². The smallest absolute Gasteiger partial charge is 0.329 e. The van der Waals surface area contributed by atoms with E-state index in [4.69, 9.17) is 23.7 Å². The van der Waals surface area contributed by atoms with Gasteiger partial charge in [0.2, 0.25) is 0 Å². The van der Waals surface area contributed by atoms with Gasteiger partial charge in [-0.1, -0.05) is 25.1 Å². The van der Waals surface area contributed by atoms with Crippen LogP contribution in [-0.2, 0) is 19.0 Å². The highest BCUT2D eigenvalue weighted by Crippen LogP contribution is 2.27. The molecule has 2 heterocycles. The number of hydrogen-bond acceptors (Lipinski definition) is 9. The van der Waals surface area contributed by atoms with Crippen LogP contribution >= 0.6 is 0 Å². The first kappa shape index (κ1) is 26.2. The van der Waals surface area contributed by atoms with E-state index in [1.54, 1.807) is 6.92 Å². The van der Waals surface area contributed by atoms with Crippen LogP contribution in [0.2, 0.25) is 0 Å². The molecule has 0 unspecified atom stereocenters. The normalized spacial score (nSPS) is 23.1. The molecule has 0 bridgehead atoms. The van der Waals surface area contributed by atoms with Crippen LogP contribution in [-0.4, -0.2) is 73.3 Å². The molecule has 4 atom stereocenters. The molecular weight excluding hydrogens is 456 g/mol. The molecule has 1 aromatic heterocycles. The van der Waals surface area contributed by atoms with Crippen molar-refractivity contribution in [3.63, 3.8) is 0 Å². The number of nitrogens with one attached hydrogen (secondary N) is 1. The van der Waals surface area contributed by atoms with E-state index in [9.17, 15) is 14.7 Å². The molecule has 0 spiro atoms. The van der Waals surface area contributed by atoms with Crippen molar-refractivity contribution >= 4 is 11.9 Å². The van der Waals surface area contributed by atoms with Crippen LogP contribution < -0.4 is 14.8 Å². The average molecular weight is 489 g/mol. The SMILES string of the molecule is CCCO[C@H]1COCC[C@H](NC(=O)c2nccc(OC)c2O)C(=O)O[C@@H](C)[C@@H]1Oc1ccccc1. The second kappa shape index (κ2) is 12.9. The minimum absolute atomic E-state index is 0.0923. The fourth-order valence-electron chi connectivity index (χ4n) is 3.61. The predicted molar refractivity (Wildman–Crippen MR) is 126 cm³/mol. The van der Waals surface area contributed by atoms with Gasteiger partial charge in [0.1, 0.15) is 24.0 Å². The molecule has 10 nitrogen and oxygen atoms in total. The Balaban J connectivity index is 1.77. The third-order valence-corrected chi connectivity index (χ3v) is 5.43. The molecule has 1 saturated heterocycles. The Morgan fingerprint density at radius 2 is 2.03 bits per heavy atom. The monoisotopic (exact) mass is 488 g/mol. The summed E-state index contributed by atoms with van der Waals surface area (Å²) in [7, 11) is 1.36. The standard InChI is InChI=1S/C25H32N2O8/c1-4-13-33-20-15-32-14-11-18(27-24(29)21-22(28)19(31-3)10-12-26-21)25(30)34-16(2)23(20)35-17-8-6-5-7-9-17/h5-10,12,16,18,20,23,28H,4,11,13-15H2,1-3H3,(H,27,29)/t16-,18-,20-,23-/m0/s1. The zero-order valence-electron chi connectivity index (χ0n) is 20.1. The van der Waals surface area contributed by atoms with Gasteiger partial charge in [0.15, 0.2) is 23.3 Å². The van der Waals surface area contributed by atoms with Gasteiger partial charge in [-0.25, -0.2) is 9.78 Å². The maximum Gasteiger partial charge on any atom is 0.329 e. The van der Waals surface area contributed by atoms with E-state index in [2.05, 4.69) is 10.3 Å². The maximum absolute atomic E-state index is 13.0. The van der Waals surface area contributed by atoms with E-state index < -0.39 is 42.0 Å². The van der Waals surface area contributed by atoms with Crippen molar-refractivity contribution in [2.45, 2.75) is 51.0 Å². The molecule has 3 rings (SSSR count). The summed E-state index contributed by atoms with van der Waals surface area (Å²) in [4.78, 5) is 29.7. The van der Waals surface area contributed by atoms with E-state index in [1.165, 1.54) is 19.4 Å². The number of cyclic esters (lactones) is 1. The Labute approximate surface area is 204 Å². The van der Waals surface area contributed by atoms with Crippen LogP contribution in [0.15, 0.2) is 42.6 Å². The number of amides is 1. The summed E-state index contributed by atoms with van der Waals surface area (Å²) in [5.74, 6) is -1.12. The first-order valence-electron chi connectivity index (χ1n) is 11.6. The van der Waals surface area contributed by atoms with Gasteiger partial charge in [-0.05, 0) is 25.5 Å². The lowest BCUT2D eigenvalue weighted by Gasteiger charge is -2.33. The Morgan fingerprint density at radius 1 is 1.26 bits per heavy atom. The highest BCUT2D eigenvalue weighted by Gasteiger charge is 2.36. The molecule has 35 heavy (non-hydrogen) atoms. The number of nitrogens with zero attached hydrogens (tertiary/aromatic N) is 1. The summed E-state index contributed by atoms with van der Waals surface area (Å²) in [6.07, 6.45) is 0.462. The summed E-state index contributed by atoms with van der Waals surface area (Å²) >= 11 is 0. The van der Waals surface area contributed by atoms with Gasteiger partial charge in [0.05, 0.1) is 13.7 Å². The van der Waals surface area contributed by atoms with Crippen molar-refractivity contribution in [3.8, 4) is 17.2 Å². The fraction of sp³-hybridized carbons (Fsp3) is 0.480. The molecule has 1 fully saturated rings. The zero-order chi connectivity index (χ0) is 25.2. The van der Waals surface area contributed by atoms with Crippen molar-refractivity contribution in [1.29, 1.82) is 0 Å². The summed E-state index contributed by atoms with van der Waals surface area (Å²) in [5, 5.41) is 12.8. The lowest BCUT2D eigenvalue weighted by atomic mass is 10.1. The number of ether oxygens (including phenoxy) is 5. The van der Waals surface area contributed by atoms with Gasteiger partial charge < -0.3 is 34.1 Å². The van der Waals surface area contributed by atoms with Gasteiger partial charge in [-0.2, -0.15) is 0 Å². The highest BCUT2D eigenvalue weighted by molar-refractivity contribution is 5.97. The molecule has 1 aliphatic rings. The molecule has 1 amide bonds. The molecule has 1 aromatic carbocycles. The van der Waals surface area contributed by atoms with E-state index >= 15 is 0 Å². The number of hydrogen-bond donors (Lipinski definition) is 2. The molecule has 0 radical (unpaired) electrons. The van der Waals surface area contributed by atoms with Crippen molar-refractivity contribution in [1.82, 2.24) is 10.3 Å². The number of esters is 1. The van der Waals surface area contributed by atoms with Crippen LogP contribution in [0.25, 0.3) is 0 Å². The molecule has 10 heteroatoms. The van der Waals surface area contributed by atoms with Crippen LogP contribution in [0.3, 0.4) is 0 Å². The van der Waals surface area contributed by atoms with E-state index in [1.807, 2.05) is 37.3 Å². The molecule has 0 aliphatic carbocycles. The van der Waals surface area contributed by atoms with Crippen molar-refractivity contribution < 1.29 is 38.4 Å². The van der Waals surface area contributed by atoms with Crippen molar-refractivity contribution in [2.75, 3.05) is 26.9 Å². The molecule has 1 aliphatic heterocycles.